The van der Waals surface area contributed by atoms with E-state index in [1.54, 1.807) is 0 Å². The van der Waals surface area contributed by atoms with E-state index < -0.39 is 27.6 Å². The van der Waals surface area contributed by atoms with Crippen LogP contribution < -0.4 is 5.32 Å². The quantitative estimate of drug-likeness (QED) is 0.638. The normalized spacial score (nSPS) is 17.9. The third-order valence-corrected chi connectivity index (χ3v) is 8.04. The zero-order valence-corrected chi connectivity index (χ0v) is 17.7. The summed E-state index contributed by atoms with van der Waals surface area (Å²) in [5.41, 5.74) is 0.209. The fourth-order valence-corrected chi connectivity index (χ4v) is 6.12. The molecule has 0 bridgehead atoms. The molecule has 1 amide bonds. The van der Waals surface area contributed by atoms with Gasteiger partial charge in [0.25, 0.3) is 5.91 Å². The van der Waals surface area contributed by atoms with Gasteiger partial charge >= 0.3 is 0 Å². The van der Waals surface area contributed by atoms with E-state index in [9.17, 15) is 22.0 Å². The number of piperidine rings is 1. The molecule has 1 aliphatic rings. The number of benzene rings is 2. The minimum atomic E-state index is -3.62. The number of sulfonamides is 1. The second-order valence-electron chi connectivity index (χ2n) is 7.19. The van der Waals surface area contributed by atoms with Gasteiger partial charge in [-0.3, -0.25) is 10.1 Å². The van der Waals surface area contributed by atoms with Crippen LogP contribution in [-0.4, -0.2) is 36.2 Å². The van der Waals surface area contributed by atoms with Crippen LogP contribution in [0.3, 0.4) is 0 Å². The van der Waals surface area contributed by atoms with Crippen molar-refractivity contribution in [3.63, 3.8) is 0 Å². The average Bonchev–Trinajstić information content (AvgIpc) is 3.11. The van der Waals surface area contributed by atoms with Crippen molar-refractivity contribution in [2.75, 3.05) is 11.9 Å². The largest absolute Gasteiger partial charge is 0.298 e. The topological polar surface area (TPSA) is 79.4 Å². The van der Waals surface area contributed by atoms with E-state index >= 15 is 0 Å². The minimum absolute atomic E-state index is 0.0196. The Labute approximate surface area is 176 Å². The third-order valence-electron chi connectivity index (χ3n) is 5.10. The molecule has 30 heavy (non-hydrogen) atoms. The number of amides is 1. The maximum absolute atomic E-state index is 13.8. The van der Waals surface area contributed by atoms with E-state index in [4.69, 9.17) is 0 Å². The molecule has 2 heterocycles. The van der Waals surface area contributed by atoms with E-state index in [-0.39, 0.29) is 31.8 Å². The molecule has 10 heteroatoms. The Balaban J connectivity index is 1.52. The number of nitrogens with one attached hydrogen (secondary N) is 1. The molecule has 0 aliphatic carbocycles. The van der Waals surface area contributed by atoms with Gasteiger partial charge in [0.05, 0.1) is 9.60 Å². The van der Waals surface area contributed by atoms with Crippen molar-refractivity contribution in [1.29, 1.82) is 0 Å². The maximum atomic E-state index is 13.8. The van der Waals surface area contributed by atoms with Gasteiger partial charge in [0.1, 0.15) is 11.3 Å². The van der Waals surface area contributed by atoms with Crippen molar-refractivity contribution in [1.82, 2.24) is 9.29 Å². The van der Waals surface area contributed by atoms with E-state index in [0.717, 1.165) is 42.7 Å². The van der Waals surface area contributed by atoms with E-state index in [1.165, 1.54) is 28.6 Å². The zero-order valence-electron chi connectivity index (χ0n) is 16.1. The molecule has 1 aromatic heterocycles. The second-order valence-corrected chi connectivity index (χ2v) is 10.1. The highest BCUT2D eigenvalue weighted by Crippen LogP contribution is 2.29. The molecule has 1 unspecified atom stereocenters. The molecule has 1 saturated heterocycles. The lowest BCUT2D eigenvalue weighted by Gasteiger charge is -2.32. The molecular formula is C20H19F2N3O3S2. The van der Waals surface area contributed by atoms with Crippen LogP contribution >= 0.6 is 11.3 Å². The molecule has 1 aliphatic heterocycles. The number of halogens is 2. The van der Waals surface area contributed by atoms with Gasteiger partial charge in [-0.05, 0) is 50.1 Å². The predicted octanol–water partition coefficient (Wildman–Crippen LogP) is 4.39. The summed E-state index contributed by atoms with van der Waals surface area (Å²) < 4.78 is 54.7. The van der Waals surface area contributed by atoms with Crippen LogP contribution in [0.1, 0.15) is 36.5 Å². The number of carbonyl (C=O) groups excluding carboxylic acids is 1. The SMILES string of the molecule is CC1CCCCN1S(=O)(=O)c1ccc(C(=O)Nc2nc3c(F)cc(F)cc3s2)cc1. The molecule has 6 nitrogen and oxygen atoms in total. The lowest BCUT2D eigenvalue weighted by atomic mass is 10.1. The monoisotopic (exact) mass is 451 g/mol. The van der Waals surface area contributed by atoms with Gasteiger partial charge < -0.3 is 0 Å². The van der Waals surface area contributed by atoms with Crippen molar-refractivity contribution in [2.45, 2.75) is 37.1 Å². The van der Waals surface area contributed by atoms with Gasteiger partial charge in [-0.2, -0.15) is 4.31 Å². The lowest BCUT2D eigenvalue weighted by Crippen LogP contribution is -2.41. The highest BCUT2D eigenvalue weighted by Gasteiger charge is 2.31. The van der Waals surface area contributed by atoms with Crippen LogP contribution in [0.25, 0.3) is 10.2 Å². The molecule has 0 spiro atoms. The Morgan fingerprint density at radius 2 is 1.93 bits per heavy atom. The van der Waals surface area contributed by atoms with Gasteiger partial charge in [-0.15, -0.1) is 0 Å². The fraction of sp³-hybridized carbons (Fsp3) is 0.300. The van der Waals surface area contributed by atoms with Gasteiger partial charge in [0.2, 0.25) is 10.0 Å². The minimum Gasteiger partial charge on any atom is -0.298 e. The first-order valence-corrected chi connectivity index (χ1v) is 11.7. The zero-order chi connectivity index (χ0) is 21.5. The smallest absolute Gasteiger partial charge is 0.257 e. The number of hydrogen-bond acceptors (Lipinski definition) is 5. The van der Waals surface area contributed by atoms with Crippen LogP contribution in [0.4, 0.5) is 13.9 Å². The molecule has 1 N–H and O–H groups in total. The average molecular weight is 452 g/mol. The Morgan fingerprint density at radius 1 is 1.20 bits per heavy atom. The first kappa shape index (κ1) is 20.8. The maximum Gasteiger partial charge on any atom is 0.257 e. The summed E-state index contributed by atoms with van der Waals surface area (Å²) in [6.07, 6.45) is 2.66. The van der Waals surface area contributed by atoms with Crippen molar-refractivity contribution >= 4 is 42.6 Å². The number of rotatable bonds is 4. The van der Waals surface area contributed by atoms with Crippen LogP contribution in [0.5, 0.6) is 0 Å². The van der Waals surface area contributed by atoms with Crippen molar-refractivity contribution in [2.24, 2.45) is 0 Å². The van der Waals surface area contributed by atoms with Crippen LogP contribution in [0.15, 0.2) is 41.3 Å². The third kappa shape index (κ3) is 3.94. The predicted molar refractivity (Wildman–Crippen MR) is 111 cm³/mol. The number of thiazole rings is 1. The highest BCUT2D eigenvalue weighted by molar-refractivity contribution is 7.89. The van der Waals surface area contributed by atoms with Gasteiger partial charge in [-0.1, -0.05) is 17.8 Å². The molecule has 2 aromatic carbocycles. The highest BCUT2D eigenvalue weighted by atomic mass is 32.2. The summed E-state index contributed by atoms with van der Waals surface area (Å²) in [5, 5.41) is 2.67. The van der Waals surface area contributed by atoms with Crippen molar-refractivity contribution in [3.05, 3.63) is 53.6 Å². The summed E-state index contributed by atoms with van der Waals surface area (Å²) in [6, 6.07) is 7.46. The summed E-state index contributed by atoms with van der Waals surface area (Å²) in [6.45, 7) is 2.38. The summed E-state index contributed by atoms with van der Waals surface area (Å²) in [4.78, 5) is 16.6. The molecule has 1 fully saturated rings. The van der Waals surface area contributed by atoms with E-state index in [0.29, 0.717) is 6.54 Å². The first-order chi connectivity index (χ1) is 14.3. The molecule has 1 atom stereocenters. The van der Waals surface area contributed by atoms with Gasteiger partial charge in [0, 0.05) is 24.2 Å². The molecule has 3 aromatic rings. The van der Waals surface area contributed by atoms with E-state index in [1.807, 2.05) is 6.92 Å². The van der Waals surface area contributed by atoms with Gasteiger partial charge in [-0.25, -0.2) is 22.2 Å². The Hall–Kier alpha value is -2.43. The number of carbonyl (C=O) groups is 1. The standard InChI is InChI=1S/C20H19F2N3O3S2/c1-12-4-2-3-9-25(12)30(27,28)15-7-5-13(6-8-15)19(26)24-20-23-18-16(22)10-14(21)11-17(18)29-20/h5-8,10-12H,2-4,9H2,1H3,(H,23,24,26). The lowest BCUT2D eigenvalue weighted by molar-refractivity contribution is 0.102. The fourth-order valence-electron chi connectivity index (χ4n) is 3.52. The molecular weight excluding hydrogens is 432 g/mol. The number of aromatic nitrogens is 1. The van der Waals surface area contributed by atoms with Gasteiger partial charge in [0.15, 0.2) is 10.9 Å². The summed E-state index contributed by atoms with van der Waals surface area (Å²) in [5.74, 6) is -2.05. The first-order valence-electron chi connectivity index (χ1n) is 9.44. The Morgan fingerprint density at radius 3 is 2.63 bits per heavy atom. The van der Waals surface area contributed by atoms with Crippen molar-refractivity contribution < 1.29 is 22.0 Å². The van der Waals surface area contributed by atoms with Crippen LogP contribution in [0.2, 0.25) is 0 Å². The molecule has 4 rings (SSSR count). The Bertz CT molecular complexity index is 1210. The Kier molecular flexibility index (Phi) is 5.56. The summed E-state index contributed by atoms with van der Waals surface area (Å²) in [7, 11) is -3.62. The molecule has 0 saturated carbocycles. The molecule has 158 valence electrons. The van der Waals surface area contributed by atoms with Crippen LogP contribution in [0, 0.1) is 11.6 Å². The van der Waals surface area contributed by atoms with Crippen molar-refractivity contribution in [3.8, 4) is 0 Å². The molecule has 0 radical (unpaired) electrons. The number of fused-ring (bicyclic) bond motifs is 1. The summed E-state index contributed by atoms with van der Waals surface area (Å²) >= 11 is 0.949. The number of nitrogens with zero attached hydrogens (tertiary/aromatic N) is 2. The van der Waals surface area contributed by atoms with E-state index in [2.05, 4.69) is 10.3 Å². The van der Waals surface area contributed by atoms with Crippen LogP contribution in [-0.2, 0) is 10.0 Å². The number of anilines is 1. The second kappa shape index (κ2) is 8.01. The number of hydrogen-bond donors (Lipinski definition) is 1.